The Labute approximate surface area is 124 Å². The van der Waals surface area contributed by atoms with E-state index in [2.05, 4.69) is 28.9 Å². The lowest BCUT2D eigenvalue weighted by Crippen LogP contribution is -2.18. The Kier molecular flexibility index (Phi) is 4.38. The van der Waals surface area contributed by atoms with Gasteiger partial charge in [0.05, 0.1) is 12.6 Å². The molecule has 3 rings (SSSR count). The van der Waals surface area contributed by atoms with Crippen LogP contribution in [0.5, 0.6) is 0 Å². The van der Waals surface area contributed by atoms with Crippen molar-refractivity contribution in [1.29, 1.82) is 0 Å². The third-order valence-electron chi connectivity index (χ3n) is 4.22. The molecule has 1 saturated carbocycles. The molecule has 20 heavy (non-hydrogen) atoms. The topological polar surface area (TPSA) is 32.3 Å². The molecule has 0 bridgehead atoms. The molecular weight excluding hydrogens is 266 g/mol. The molecule has 0 spiro atoms. The first-order valence-electron chi connectivity index (χ1n) is 7.37. The summed E-state index contributed by atoms with van der Waals surface area (Å²) in [5.74, 6) is 0.709. The van der Waals surface area contributed by atoms with Crippen LogP contribution in [0.2, 0.25) is 0 Å². The Morgan fingerprint density at radius 3 is 2.65 bits per heavy atom. The molecule has 2 N–H and O–H groups in total. The van der Waals surface area contributed by atoms with Gasteiger partial charge in [-0.3, -0.25) is 0 Å². The Bertz CT molecular complexity index is 532. The number of thiophene rings is 1. The second-order valence-corrected chi connectivity index (χ2v) is 6.48. The summed E-state index contributed by atoms with van der Waals surface area (Å²) in [4.78, 5) is 1.41. The van der Waals surface area contributed by atoms with Crippen LogP contribution in [0.4, 0.5) is 5.69 Å². The van der Waals surface area contributed by atoms with Crippen molar-refractivity contribution in [2.45, 2.75) is 38.3 Å². The zero-order chi connectivity index (χ0) is 13.8. The lowest BCUT2D eigenvalue weighted by Gasteiger charge is -2.26. The lowest BCUT2D eigenvalue weighted by atomic mass is 9.96. The first-order valence-corrected chi connectivity index (χ1v) is 8.25. The molecule has 2 aromatic rings. The van der Waals surface area contributed by atoms with Crippen molar-refractivity contribution in [3.63, 3.8) is 0 Å². The molecule has 0 amide bonds. The Morgan fingerprint density at radius 2 is 1.95 bits per heavy atom. The quantitative estimate of drug-likeness (QED) is 0.843. The second kappa shape index (κ2) is 6.42. The summed E-state index contributed by atoms with van der Waals surface area (Å²) in [6, 6.07) is 12.8. The van der Waals surface area contributed by atoms with Crippen LogP contribution in [0.15, 0.2) is 41.8 Å². The predicted molar refractivity (Wildman–Crippen MR) is 85.0 cm³/mol. The normalized spacial score (nSPS) is 17.2. The molecule has 1 aliphatic carbocycles. The molecule has 1 aromatic carbocycles. The van der Waals surface area contributed by atoms with Gasteiger partial charge in [0.2, 0.25) is 0 Å². The van der Waals surface area contributed by atoms with E-state index in [9.17, 15) is 5.11 Å². The maximum atomic E-state index is 9.49. The van der Waals surface area contributed by atoms with Gasteiger partial charge < -0.3 is 10.4 Å². The maximum Gasteiger partial charge on any atom is 0.0701 e. The van der Waals surface area contributed by atoms with Gasteiger partial charge in [-0.15, -0.1) is 11.3 Å². The van der Waals surface area contributed by atoms with Gasteiger partial charge in [0.25, 0.3) is 0 Å². The second-order valence-electron chi connectivity index (χ2n) is 5.50. The zero-order valence-corrected chi connectivity index (χ0v) is 12.4. The van der Waals surface area contributed by atoms with Crippen LogP contribution in [-0.4, -0.2) is 5.11 Å². The van der Waals surface area contributed by atoms with Crippen LogP contribution >= 0.6 is 11.3 Å². The predicted octanol–water partition coefficient (Wildman–Crippen LogP) is 4.58. The fourth-order valence-corrected chi connectivity index (χ4v) is 4.02. The van der Waals surface area contributed by atoms with E-state index >= 15 is 0 Å². The number of hydrogen-bond acceptors (Lipinski definition) is 3. The summed E-state index contributed by atoms with van der Waals surface area (Å²) in [5, 5.41) is 15.3. The van der Waals surface area contributed by atoms with Crippen LogP contribution in [0.1, 0.15) is 42.2 Å². The van der Waals surface area contributed by atoms with E-state index in [0.29, 0.717) is 12.0 Å². The lowest BCUT2D eigenvalue weighted by molar-refractivity contribution is 0.282. The van der Waals surface area contributed by atoms with Gasteiger partial charge in [-0.2, -0.15) is 0 Å². The summed E-state index contributed by atoms with van der Waals surface area (Å²) in [7, 11) is 0. The molecule has 1 aliphatic rings. The molecular formula is C17H21NOS. The molecule has 3 heteroatoms. The van der Waals surface area contributed by atoms with Crippen molar-refractivity contribution in [3.05, 3.63) is 52.2 Å². The summed E-state index contributed by atoms with van der Waals surface area (Å²) in [6.07, 6.45) is 5.29. The molecule has 106 valence electrons. The van der Waals surface area contributed by atoms with Crippen molar-refractivity contribution in [2.24, 2.45) is 5.92 Å². The summed E-state index contributed by atoms with van der Waals surface area (Å²) < 4.78 is 0. The minimum atomic E-state index is 0.0883. The maximum absolute atomic E-state index is 9.49. The highest BCUT2D eigenvalue weighted by Crippen LogP contribution is 2.39. The molecule has 1 unspecified atom stereocenters. The van der Waals surface area contributed by atoms with Gasteiger partial charge in [0.1, 0.15) is 0 Å². The van der Waals surface area contributed by atoms with Gasteiger partial charge in [-0.1, -0.05) is 37.1 Å². The highest BCUT2D eigenvalue weighted by Gasteiger charge is 2.27. The third kappa shape index (κ3) is 2.89. The zero-order valence-electron chi connectivity index (χ0n) is 11.6. The van der Waals surface area contributed by atoms with E-state index in [4.69, 9.17) is 0 Å². The van der Waals surface area contributed by atoms with Crippen LogP contribution in [0.3, 0.4) is 0 Å². The monoisotopic (exact) mass is 287 g/mol. The SMILES string of the molecule is OCc1ccccc1NC(c1cccs1)C1CCCC1. The Hall–Kier alpha value is -1.32. The smallest absolute Gasteiger partial charge is 0.0701 e. The van der Waals surface area contributed by atoms with Gasteiger partial charge in [-0.05, 0) is 36.3 Å². The van der Waals surface area contributed by atoms with Gasteiger partial charge >= 0.3 is 0 Å². The van der Waals surface area contributed by atoms with E-state index in [1.54, 1.807) is 0 Å². The van der Waals surface area contributed by atoms with Gasteiger partial charge in [0.15, 0.2) is 0 Å². The molecule has 2 nitrogen and oxygen atoms in total. The van der Waals surface area contributed by atoms with E-state index < -0.39 is 0 Å². The standard InChI is InChI=1S/C17H21NOS/c19-12-14-8-3-4-9-15(14)18-17(13-6-1-2-7-13)16-10-5-11-20-16/h3-5,8-11,13,17-19H,1-2,6-7,12H2. The van der Waals surface area contributed by atoms with Crippen LogP contribution in [0.25, 0.3) is 0 Å². The van der Waals surface area contributed by atoms with E-state index in [1.807, 2.05) is 29.5 Å². The fraction of sp³-hybridized carbons (Fsp3) is 0.412. The van der Waals surface area contributed by atoms with Crippen molar-refractivity contribution < 1.29 is 5.11 Å². The fourth-order valence-electron chi connectivity index (χ4n) is 3.15. The van der Waals surface area contributed by atoms with Crippen molar-refractivity contribution >= 4 is 17.0 Å². The summed E-state index contributed by atoms with van der Waals surface area (Å²) in [6.45, 7) is 0.0883. The Morgan fingerprint density at radius 1 is 1.15 bits per heavy atom. The highest BCUT2D eigenvalue weighted by atomic mass is 32.1. The van der Waals surface area contributed by atoms with Crippen molar-refractivity contribution in [2.75, 3.05) is 5.32 Å². The third-order valence-corrected chi connectivity index (χ3v) is 5.18. The van der Waals surface area contributed by atoms with Crippen molar-refractivity contribution in [1.82, 2.24) is 0 Å². The van der Waals surface area contributed by atoms with Crippen molar-refractivity contribution in [3.8, 4) is 0 Å². The molecule has 1 aromatic heterocycles. The molecule has 0 saturated heterocycles. The first-order chi connectivity index (χ1) is 9.88. The number of rotatable bonds is 5. The number of para-hydroxylation sites is 1. The van der Waals surface area contributed by atoms with E-state index in [-0.39, 0.29) is 6.61 Å². The first kappa shape index (κ1) is 13.7. The molecule has 0 aliphatic heterocycles. The Balaban J connectivity index is 1.86. The van der Waals surface area contributed by atoms with Crippen LogP contribution in [0, 0.1) is 5.92 Å². The number of aliphatic hydroxyl groups is 1. The van der Waals surface area contributed by atoms with E-state index in [0.717, 1.165) is 11.3 Å². The molecule has 1 atom stereocenters. The molecule has 0 radical (unpaired) electrons. The van der Waals surface area contributed by atoms with Gasteiger partial charge in [0, 0.05) is 16.1 Å². The average molecular weight is 287 g/mol. The minimum absolute atomic E-state index is 0.0883. The number of hydrogen-bond donors (Lipinski definition) is 2. The number of nitrogens with one attached hydrogen (secondary N) is 1. The average Bonchev–Trinajstić information content (AvgIpc) is 3.18. The highest BCUT2D eigenvalue weighted by molar-refractivity contribution is 7.10. The van der Waals surface area contributed by atoms with Gasteiger partial charge in [-0.25, -0.2) is 0 Å². The largest absolute Gasteiger partial charge is 0.392 e. The molecule has 1 heterocycles. The number of aliphatic hydroxyl groups excluding tert-OH is 1. The van der Waals surface area contributed by atoms with Crippen LogP contribution in [-0.2, 0) is 6.61 Å². The number of anilines is 1. The van der Waals surface area contributed by atoms with E-state index in [1.165, 1.54) is 30.6 Å². The van der Waals surface area contributed by atoms with Crippen LogP contribution < -0.4 is 5.32 Å². The minimum Gasteiger partial charge on any atom is -0.392 e. The summed E-state index contributed by atoms with van der Waals surface area (Å²) in [5.41, 5.74) is 2.05. The number of benzene rings is 1. The summed E-state index contributed by atoms with van der Waals surface area (Å²) >= 11 is 1.83. The molecule has 1 fully saturated rings.